The van der Waals surface area contributed by atoms with E-state index in [1.165, 1.54) is 0 Å². The van der Waals surface area contributed by atoms with Gasteiger partial charge in [0.15, 0.2) is 11.0 Å². The van der Waals surface area contributed by atoms with Gasteiger partial charge in [-0.15, -0.1) is 0 Å². The molecule has 0 spiro atoms. The van der Waals surface area contributed by atoms with E-state index < -0.39 is 17.4 Å². The topological polar surface area (TPSA) is 63.2 Å². The molecule has 0 aliphatic heterocycles. The number of aromatic nitrogens is 2. The first-order chi connectivity index (χ1) is 10.5. The van der Waals surface area contributed by atoms with E-state index in [9.17, 15) is 25.7 Å². The summed E-state index contributed by atoms with van der Waals surface area (Å²) in [4.78, 5) is 0. The highest BCUT2D eigenvalue weighted by atomic mass is 32.2. The Balaban J connectivity index is 0.000000463. The molecule has 11 heteroatoms. The number of para-hydroxylation sites is 2. The van der Waals surface area contributed by atoms with Crippen molar-refractivity contribution in [2.24, 2.45) is 0 Å². The van der Waals surface area contributed by atoms with Gasteiger partial charge in [-0.05, 0) is 19.1 Å². The van der Waals surface area contributed by atoms with Gasteiger partial charge in [0.1, 0.15) is 0 Å². The van der Waals surface area contributed by atoms with E-state index in [2.05, 4.69) is 11.5 Å². The SMILES string of the molecule is CCn1c[n+](CCCS(=O)(=O)O)c2ccccc21.F[B-](F)(F)F. The third kappa shape index (κ3) is 7.46. The summed E-state index contributed by atoms with van der Waals surface area (Å²) in [5.74, 6) is -0.203. The monoisotopic (exact) mass is 356 g/mol. The fraction of sp³-hybridized carbons (Fsp3) is 0.417. The molecule has 0 amide bonds. The number of aryl methyl sites for hydroxylation is 2. The van der Waals surface area contributed by atoms with Crippen LogP contribution in [0.2, 0.25) is 0 Å². The van der Waals surface area contributed by atoms with E-state index in [-0.39, 0.29) is 5.75 Å². The molecule has 2 rings (SSSR count). The maximum Gasteiger partial charge on any atom is 0.673 e. The molecule has 130 valence electrons. The second-order valence-electron chi connectivity index (χ2n) is 4.72. The zero-order valence-corrected chi connectivity index (χ0v) is 13.2. The minimum Gasteiger partial charge on any atom is -0.418 e. The summed E-state index contributed by atoms with van der Waals surface area (Å²) in [6.07, 6.45) is 2.38. The van der Waals surface area contributed by atoms with Crippen LogP contribution in [-0.2, 0) is 23.2 Å². The molecule has 1 aromatic heterocycles. The quantitative estimate of drug-likeness (QED) is 0.388. The van der Waals surface area contributed by atoms with Crippen LogP contribution in [0.15, 0.2) is 30.6 Å². The molecule has 23 heavy (non-hydrogen) atoms. The first-order valence-electron chi connectivity index (χ1n) is 6.81. The predicted octanol–water partition coefficient (Wildman–Crippen LogP) is 2.53. The van der Waals surface area contributed by atoms with Gasteiger partial charge in [-0.3, -0.25) is 4.55 Å². The summed E-state index contributed by atoms with van der Waals surface area (Å²) in [5.41, 5.74) is 2.21. The summed E-state index contributed by atoms with van der Waals surface area (Å²) in [7, 11) is -9.87. The van der Waals surface area contributed by atoms with E-state index in [1.807, 2.05) is 35.2 Å². The Kier molecular flexibility index (Phi) is 6.57. The summed E-state index contributed by atoms with van der Waals surface area (Å²) in [6.45, 7) is 3.51. The molecule has 0 unspecified atom stereocenters. The first kappa shape index (κ1) is 19.4. The van der Waals surface area contributed by atoms with Crippen molar-refractivity contribution in [2.45, 2.75) is 26.4 Å². The fourth-order valence-electron chi connectivity index (χ4n) is 2.09. The van der Waals surface area contributed by atoms with Crippen LogP contribution in [0.25, 0.3) is 11.0 Å². The lowest BCUT2D eigenvalue weighted by Crippen LogP contribution is -2.33. The molecule has 1 heterocycles. The lowest BCUT2D eigenvalue weighted by molar-refractivity contribution is -0.672. The standard InChI is InChI=1S/C12H16N2O3S.BF4/c1-2-13-10-14(8-5-9-18(15,16)17)12-7-4-3-6-11(12)13;2-1(3,4)5/h3-4,6-7,10H,2,5,8-9H2,1H3;/q;-1/p+1. The Morgan fingerprint density at radius 1 is 1.22 bits per heavy atom. The second-order valence-corrected chi connectivity index (χ2v) is 6.29. The van der Waals surface area contributed by atoms with Gasteiger partial charge in [-0.2, -0.15) is 8.42 Å². The number of imidazole rings is 1. The number of hydrogen-bond acceptors (Lipinski definition) is 2. The average Bonchev–Trinajstić information content (AvgIpc) is 2.74. The predicted molar refractivity (Wildman–Crippen MR) is 79.0 cm³/mol. The van der Waals surface area contributed by atoms with Crippen LogP contribution in [0.1, 0.15) is 13.3 Å². The van der Waals surface area contributed by atoms with Gasteiger partial charge < -0.3 is 17.3 Å². The lowest BCUT2D eigenvalue weighted by Gasteiger charge is -1.96. The number of hydrogen-bond donors (Lipinski definition) is 1. The van der Waals surface area contributed by atoms with Gasteiger partial charge in [-0.25, -0.2) is 9.13 Å². The molecular formula is C12H17BF4N2O3S. The Morgan fingerprint density at radius 3 is 2.30 bits per heavy atom. The maximum atomic E-state index is 10.7. The minimum atomic E-state index is -6.00. The third-order valence-electron chi connectivity index (χ3n) is 2.92. The van der Waals surface area contributed by atoms with Crippen molar-refractivity contribution in [1.82, 2.24) is 4.57 Å². The van der Waals surface area contributed by atoms with E-state index in [0.29, 0.717) is 13.0 Å². The zero-order chi connectivity index (χ0) is 17.7. The van der Waals surface area contributed by atoms with Crippen LogP contribution in [0.3, 0.4) is 0 Å². The number of nitrogens with zero attached hydrogens (tertiary/aromatic N) is 2. The van der Waals surface area contributed by atoms with Crippen molar-refractivity contribution in [3.05, 3.63) is 30.6 Å². The number of benzene rings is 1. The smallest absolute Gasteiger partial charge is 0.418 e. The molecule has 0 radical (unpaired) electrons. The second kappa shape index (κ2) is 7.78. The normalized spacial score (nSPS) is 12.1. The van der Waals surface area contributed by atoms with E-state index >= 15 is 0 Å². The van der Waals surface area contributed by atoms with Crippen LogP contribution >= 0.6 is 0 Å². The van der Waals surface area contributed by atoms with Crippen molar-refractivity contribution >= 4 is 28.4 Å². The number of rotatable bonds is 5. The molecule has 1 aromatic carbocycles. The van der Waals surface area contributed by atoms with Gasteiger partial charge >= 0.3 is 7.25 Å². The molecule has 0 atom stereocenters. The van der Waals surface area contributed by atoms with Gasteiger partial charge in [0.25, 0.3) is 10.1 Å². The summed E-state index contributed by atoms with van der Waals surface area (Å²) in [5, 5.41) is 0. The largest absolute Gasteiger partial charge is 0.673 e. The van der Waals surface area contributed by atoms with Crippen LogP contribution in [0, 0.1) is 0 Å². The highest BCUT2D eigenvalue weighted by Crippen LogP contribution is 2.10. The molecule has 0 bridgehead atoms. The van der Waals surface area contributed by atoms with Crippen LogP contribution in [-0.4, -0.2) is 30.5 Å². The minimum absolute atomic E-state index is 0.203. The molecule has 0 aliphatic rings. The molecule has 5 nitrogen and oxygen atoms in total. The van der Waals surface area contributed by atoms with Gasteiger partial charge in [0, 0.05) is 6.42 Å². The third-order valence-corrected chi connectivity index (χ3v) is 3.73. The number of halogens is 4. The molecule has 1 N–H and O–H groups in total. The maximum absolute atomic E-state index is 10.7. The fourth-order valence-corrected chi connectivity index (χ4v) is 2.58. The van der Waals surface area contributed by atoms with Crippen LogP contribution in [0.4, 0.5) is 17.3 Å². The summed E-state index contributed by atoms with van der Waals surface area (Å²) < 4.78 is 73.2. The lowest BCUT2D eigenvalue weighted by atomic mass is 10.3. The van der Waals surface area contributed by atoms with Crippen molar-refractivity contribution < 1.29 is 34.8 Å². The molecule has 0 saturated heterocycles. The summed E-state index contributed by atoms with van der Waals surface area (Å²) >= 11 is 0. The highest BCUT2D eigenvalue weighted by molar-refractivity contribution is 7.85. The first-order valence-corrected chi connectivity index (χ1v) is 8.42. The summed E-state index contributed by atoms with van der Waals surface area (Å²) in [6, 6.07) is 7.99. The van der Waals surface area contributed by atoms with Crippen molar-refractivity contribution in [3.8, 4) is 0 Å². The Labute approximate surface area is 131 Å². The molecule has 2 aromatic rings. The molecule has 0 saturated carbocycles. The zero-order valence-electron chi connectivity index (χ0n) is 12.4. The molecule has 0 fully saturated rings. The Bertz CT molecular complexity index is 740. The average molecular weight is 356 g/mol. The van der Waals surface area contributed by atoms with Gasteiger partial charge in [0.05, 0.1) is 18.8 Å². The van der Waals surface area contributed by atoms with E-state index in [1.54, 1.807) is 0 Å². The van der Waals surface area contributed by atoms with Crippen LogP contribution < -0.4 is 4.57 Å². The van der Waals surface area contributed by atoms with Crippen molar-refractivity contribution in [1.29, 1.82) is 0 Å². The van der Waals surface area contributed by atoms with Gasteiger partial charge in [0.2, 0.25) is 6.33 Å². The van der Waals surface area contributed by atoms with Crippen molar-refractivity contribution in [3.63, 3.8) is 0 Å². The van der Waals surface area contributed by atoms with Crippen molar-refractivity contribution in [2.75, 3.05) is 5.75 Å². The van der Waals surface area contributed by atoms with E-state index in [0.717, 1.165) is 17.6 Å². The highest BCUT2D eigenvalue weighted by Gasteiger charge is 2.20. The number of fused-ring (bicyclic) bond motifs is 1. The Hall–Kier alpha value is -1.62. The Morgan fingerprint density at radius 2 is 1.78 bits per heavy atom. The van der Waals surface area contributed by atoms with Crippen LogP contribution in [0.5, 0.6) is 0 Å². The molecular weight excluding hydrogens is 339 g/mol. The van der Waals surface area contributed by atoms with Gasteiger partial charge in [-0.1, -0.05) is 12.1 Å². The van der Waals surface area contributed by atoms with E-state index in [4.69, 9.17) is 4.55 Å². The molecule has 0 aliphatic carbocycles.